The van der Waals surface area contributed by atoms with Gasteiger partial charge in [0.1, 0.15) is 18.1 Å². The van der Waals surface area contributed by atoms with E-state index in [2.05, 4.69) is 0 Å². The number of esters is 2. The Labute approximate surface area is 124 Å². The number of aldehydes is 1. The Hall–Kier alpha value is -1.47. The highest BCUT2D eigenvalue weighted by Gasteiger charge is 2.42. The third-order valence-electron chi connectivity index (χ3n) is 2.61. The molecule has 0 heterocycles. The molecule has 0 amide bonds. The summed E-state index contributed by atoms with van der Waals surface area (Å²) in [5, 5.41) is 0. The average molecular weight is 304 g/mol. The lowest BCUT2D eigenvalue weighted by Gasteiger charge is -2.27. The highest BCUT2D eigenvalue weighted by molar-refractivity contribution is 5.93. The van der Waals surface area contributed by atoms with Crippen LogP contribution in [0.4, 0.5) is 0 Å². The topological polar surface area (TPSA) is 88.1 Å². The fraction of sp³-hybridized carbons (Fsp3) is 0.786. The van der Waals surface area contributed by atoms with E-state index in [1.807, 2.05) is 0 Å². The van der Waals surface area contributed by atoms with Crippen molar-refractivity contribution in [3.63, 3.8) is 0 Å². The van der Waals surface area contributed by atoms with E-state index in [1.54, 1.807) is 27.7 Å². The fourth-order valence-electron chi connectivity index (χ4n) is 1.77. The van der Waals surface area contributed by atoms with Crippen molar-refractivity contribution in [2.75, 3.05) is 26.4 Å². The van der Waals surface area contributed by atoms with Crippen LogP contribution in [0.5, 0.6) is 0 Å². The highest BCUT2D eigenvalue weighted by atomic mass is 16.7. The first kappa shape index (κ1) is 19.5. The normalized spacial score (nSPS) is 13.6. The van der Waals surface area contributed by atoms with Crippen LogP contribution in [0.15, 0.2) is 0 Å². The standard InChI is InChI=1S/C14H24O7/c1-5-18-12(16)10(9-15)11(13(17)19-6-2)14(20-7-3)21-8-4/h9-11,14H,5-8H2,1-4H3/t10-,11-/m0/s1. The van der Waals surface area contributed by atoms with Gasteiger partial charge in [-0.1, -0.05) is 0 Å². The van der Waals surface area contributed by atoms with E-state index in [0.29, 0.717) is 6.29 Å². The molecule has 0 aromatic carbocycles. The van der Waals surface area contributed by atoms with Gasteiger partial charge in [0.05, 0.1) is 13.2 Å². The van der Waals surface area contributed by atoms with Gasteiger partial charge < -0.3 is 23.7 Å². The molecule has 0 aliphatic carbocycles. The van der Waals surface area contributed by atoms with Gasteiger partial charge in [0.15, 0.2) is 6.29 Å². The number of hydrogen-bond donors (Lipinski definition) is 0. The van der Waals surface area contributed by atoms with Crippen LogP contribution in [-0.4, -0.2) is 50.9 Å². The lowest BCUT2D eigenvalue weighted by molar-refractivity contribution is -0.201. The van der Waals surface area contributed by atoms with Crippen molar-refractivity contribution in [3.05, 3.63) is 0 Å². The third kappa shape index (κ3) is 6.22. The molecule has 0 aromatic rings. The zero-order valence-corrected chi connectivity index (χ0v) is 13.0. The van der Waals surface area contributed by atoms with Gasteiger partial charge in [-0.05, 0) is 27.7 Å². The maximum atomic E-state index is 12.1. The molecule has 0 saturated heterocycles. The van der Waals surface area contributed by atoms with Crippen LogP contribution in [-0.2, 0) is 33.3 Å². The van der Waals surface area contributed by atoms with Crippen LogP contribution in [0.1, 0.15) is 27.7 Å². The Kier molecular flexibility index (Phi) is 10.4. The third-order valence-corrected chi connectivity index (χ3v) is 2.61. The molecule has 0 radical (unpaired) electrons. The summed E-state index contributed by atoms with van der Waals surface area (Å²) in [6, 6.07) is 0. The molecule has 7 nitrogen and oxygen atoms in total. The molecule has 21 heavy (non-hydrogen) atoms. The van der Waals surface area contributed by atoms with Crippen LogP contribution < -0.4 is 0 Å². The van der Waals surface area contributed by atoms with Crippen molar-refractivity contribution in [1.82, 2.24) is 0 Å². The molecule has 0 rings (SSSR count). The molecule has 0 N–H and O–H groups in total. The van der Waals surface area contributed by atoms with Gasteiger partial charge in [0.25, 0.3) is 0 Å². The van der Waals surface area contributed by atoms with Crippen molar-refractivity contribution in [1.29, 1.82) is 0 Å². The van der Waals surface area contributed by atoms with E-state index >= 15 is 0 Å². The molecule has 0 unspecified atom stereocenters. The number of hydrogen-bond acceptors (Lipinski definition) is 7. The van der Waals surface area contributed by atoms with E-state index in [9.17, 15) is 14.4 Å². The van der Waals surface area contributed by atoms with Gasteiger partial charge in [0, 0.05) is 13.2 Å². The van der Waals surface area contributed by atoms with E-state index in [-0.39, 0.29) is 26.4 Å². The van der Waals surface area contributed by atoms with E-state index in [4.69, 9.17) is 18.9 Å². The molecular formula is C14H24O7. The summed E-state index contributed by atoms with van der Waals surface area (Å²) in [6.45, 7) is 7.42. The molecule has 0 aromatic heterocycles. The summed E-state index contributed by atoms with van der Waals surface area (Å²) in [4.78, 5) is 35.2. The molecule has 0 spiro atoms. The molecule has 0 fully saturated rings. The lowest BCUT2D eigenvalue weighted by atomic mass is 9.92. The summed E-state index contributed by atoms with van der Waals surface area (Å²) in [5.41, 5.74) is 0. The second-order valence-electron chi connectivity index (χ2n) is 3.97. The minimum absolute atomic E-state index is 0.104. The van der Waals surface area contributed by atoms with Gasteiger partial charge in [-0.25, -0.2) is 0 Å². The minimum Gasteiger partial charge on any atom is -0.466 e. The Morgan fingerprint density at radius 1 is 0.857 bits per heavy atom. The predicted octanol–water partition coefficient (Wildman–Crippen LogP) is 0.943. The number of carbonyl (C=O) groups excluding carboxylic acids is 3. The van der Waals surface area contributed by atoms with Crippen LogP contribution in [0.25, 0.3) is 0 Å². The van der Waals surface area contributed by atoms with Crippen molar-refractivity contribution in [3.8, 4) is 0 Å². The summed E-state index contributed by atoms with van der Waals surface area (Å²) in [7, 11) is 0. The maximum Gasteiger partial charge on any atom is 0.317 e. The molecular weight excluding hydrogens is 280 g/mol. The molecule has 0 bridgehead atoms. The van der Waals surface area contributed by atoms with Crippen LogP contribution >= 0.6 is 0 Å². The van der Waals surface area contributed by atoms with Crippen LogP contribution in [0, 0.1) is 11.8 Å². The van der Waals surface area contributed by atoms with Gasteiger partial charge >= 0.3 is 11.9 Å². The summed E-state index contributed by atoms with van der Waals surface area (Å²) in [5.74, 6) is -4.04. The van der Waals surface area contributed by atoms with Gasteiger partial charge in [-0.2, -0.15) is 0 Å². The Balaban J connectivity index is 5.37. The Morgan fingerprint density at radius 3 is 1.71 bits per heavy atom. The molecule has 2 atom stereocenters. The average Bonchev–Trinajstić information content (AvgIpc) is 2.44. The first-order valence-electron chi connectivity index (χ1n) is 7.08. The summed E-state index contributed by atoms with van der Waals surface area (Å²) < 4.78 is 20.4. The van der Waals surface area contributed by atoms with E-state index in [1.165, 1.54) is 0 Å². The van der Waals surface area contributed by atoms with E-state index in [0.717, 1.165) is 0 Å². The van der Waals surface area contributed by atoms with Crippen molar-refractivity contribution < 1.29 is 33.3 Å². The minimum atomic E-state index is -1.33. The second kappa shape index (κ2) is 11.2. The van der Waals surface area contributed by atoms with Gasteiger partial charge in [-0.3, -0.25) is 9.59 Å². The molecule has 7 heteroatoms. The summed E-state index contributed by atoms with van der Waals surface area (Å²) in [6.07, 6.45) is -0.677. The fourth-order valence-corrected chi connectivity index (χ4v) is 1.77. The van der Waals surface area contributed by atoms with Gasteiger partial charge in [-0.15, -0.1) is 0 Å². The molecule has 0 saturated carbocycles. The molecule has 122 valence electrons. The first-order valence-corrected chi connectivity index (χ1v) is 7.08. The smallest absolute Gasteiger partial charge is 0.317 e. The van der Waals surface area contributed by atoms with Crippen LogP contribution in [0.3, 0.4) is 0 Å². The predicted molar refractivity (Wildman–Crippen MR) is 73.4 cm³/mol. The van der Waals surface area contributed by atoms with E-state index < -0.39 is 30.1 Å². The first-order chi connectivity index (χ1) is 10.1. The number of rotatable bonds is 11. The van der Waals surface area contributed by atoms with Crippen molar-refractivity contribution >= 4 is 18.2 Å². The number of carbonyl (C=O) groups is 3. The number of ether oxygens (including phenoxy) is 4. The maximum absolute atomic E-state index is 12.1. The monoisotopic (exact) mass is 304 g/mol. The molecule has 0 aliphatic rings. The van der Waals surface area contributed by atoms with Crippen molar-refractivity contribution in [2.45, 2.75) is 34.0 Å². The summed E-state index contributed by atoms with van der Waals surface area (Å²) >= 11 is 0. The lowest BCUT2D eigenvalue weighted by Crippen LogP contribution is -2.43. The largest absolute Gasteiger partial charge is 0.466 e. The second-order valence-corrected chi connectivity index (χ2v) is 3.97. The van der Waals surface area contributed by atoms with Crippen LogP contribution in [0.2, 0.25) is 0 Å². The Bertz CT molecular complexity index is 323. The Morgan fingerprint density at radius 2 is 1.33 bits per heavy atom. The SMILES string of the molecule is CCOC(=O)[C@@H](C=O)[C@@H](C(=O)OCC)C(OCC)OCC. The zero-order valence-electron chi connectivity index (χ0n) is 13.0. The quantitative estimate of drug-likeness (QED) is 0.243. The molecule has 0 aliphatic heterocycles. The highest BCUT2D eigenvalue weighted by Crippen LogP contribution is 2.22. The van der Waals surface area contributed by atoms with Crippen molar-refractivity contribution in [2.24, 2.45) is 11.8 Å². The zero-order chi connectivity index (χ0) is 16.3. The van der Waals surface area contributed by atoms with Gasteiger partial charge in [0.2, 0.25) is 0 Å².